The summed E-state index contributed by atoms with van der Waals surface area (Å²) in [6.07, 6.45) is 3.98. The number of fused-ring (bicyclic) bond motifs is 2. The van der Waals surface area contributed by atoms with Crippen LogP contribution >= 0.6 is 11.3 Å². The molecule has 3 heterocycles. The molecule has 3 aromatic heterocycles. The Bertz CT molecular complexity index is 1370. The predicted molar refractivity (Wildman–Crippen MR) is 122 cm³/mol. The molecule has 5 aromatic rings. The molecule has 5 rings (SSSR count). The Morgan fingerprint density at radius 1 is 1.10 bits per heavy atom. The molecule has 5 nitrogen and oxygen atoms in total. The van der Waals surface area contributed by atoms with E-state index >= 15 is 0 Å². The molecule has 0 fully saturated rings. The Labute approximate surface area is 177 Å². The average Bonchev–Trinajstić information content (AvgIpc) is 3.37. The largest absolute Gasteiger partial charge is 0.495 e. The van der Waals surface area contributed by atoms with Gasteiger partial charge in [0.1, 0.15) is 11.4 Å². The zero-order valence-electron chi connectivity index (χ0n) is 16.5. The monoisotopic (exact) mass is 413 g/mol. The van der Waals surface area contributed by atoms with E-state index in [9.17, 15) is 4.79 Å². The second-order valence-corrected chi connectivity index (χ2v) is 8.20. The van der Waals surface area contributed by atoms with Crippen LogP contribution in [0, 0.1) is 6.92 Å². The molecular formula is C24H19N3O2S. The number of methoxy groups -OCH3 is 1. The zero-order chi connectivity index (χ0) is 20.7. The van der Waals surface area contributed by atoms with E-state index in [0.29, 0.717) is 16.3 Å². The Hall–Kier alpha value is -3.64. The van der Waals surface area contributed by atoms with Crippen molar-refractivity contribution in [3.63, 3.8) is 0 Å². The molecule has 1 amide bonds. The van der Waals surface area contributed by atoms with Crippen LogP contribution in [0.25, 0.3) is 27.0 Å². The summed E-state index contributed by atoms with van der Waals surface area (Å²) in [7, 11) is 1.60. The van der Waals surface area contributed by atoms with Gasteiger partial charge < -0.3 is 14.5 Å². The minimum Gasteiger partial charge on any atom is -0.495 e. The number of pyridine rings is 1. The highest BCUT2D eigenvalue weighted by atomic mass is 32.1. The summed E-state index contributed by atoms with van der Waals surface area (Å²) in [5.41, 5.74) is 4.40. The van der Waals surface area contributed by atoms with Crippen molar-refractivity contribution in [1.82, 2.24) is 9.38 Å². The van der Waals surface area contributed by atoms with Crippen molar-refractivity contribution in [3.05, 3.63) is 83.5 Å². The molecule has 1 N–H and O–H groups in total. The number of hydrogen-bond donors (Lipinski definition) is 1. The van der Waals surface area contributed by atoms with Gasteiger partial charge in [0.05, 0.1) is 23.4 Å². The van der Waals surface area contributed by atoms with E-state index in [1.54, 1.807) is 7.11 Å². The van der Waals surface area contributed by atoms with Gasteiger partial charge in [0.25, 0.3) is 5.91 Å². The van der Waals surface area contributed by atoms with Crippen LogP contribution in [0.4, 0.5) is 5.69 Å². The summed E-state index contributed by atoms with van der Waals surface area (Å²) < 4.78 is 8.54. The number of benzene rings is 2. The normalized spacial score (nSPS) is 11.1. The number of nitrogens with one attached hydrogen (secondary N) is 1. The highest BCUT2D eigenvalue weighted by Crippen LogP contribution is 2.32. The van der Waals surface area contributed by atoms with E-state index in [1.165, 1.54) is 11.3 Å². The molecule has 6 heteroatoms. The minimum absolute atomic E-state index is 0.155. The van der Waals surface area contributed by atoms with Gasteiger partial charge in [-0.3, -0.25) is 4.79 Å². The number of aryl methyl sites for hydroxylation is 1. The molecule has 0 aliphatic carbocycles. The molecule has 148 valence electrons. The van der Waals surface area contributed by atoms with E-state index in [2.05, 4.69) is 5.32 Å². The van der Waals surface area contributed by atoms with Crippen LogP contribution in [0.5, 0.6) is 5.75 Å². The van der Waals surface area contributed by atoms with Crippen molar-refractivity contribution in [2.45, 2.75) is 6.92 Å². The first-order valence-electron chi connectivity index (χ1n) is 9.54. The number of carbonyl (C=O) groups is 1. The van der Waals surface area contributed by atoms with Crippen molar-refractivity contribution >= 4 is 38.7 Å². The molecule has 0 unspecified atom stereocenters. The molecule has 0 saturated carbocycles. The van der Waals surface area contributed by atoms with Crippen LogP contribution in [-0.4, -0.2) is 22.4 Å². The number of ether oxygens (including phenoxy) is 1. The SMILES string of the molecule is COc1ccc(-c2cn3ccc(C)cc3n2)cc1NC(=O)c1cc2ccccc2s1. The van der Waals surface area contributed by atoms with Gasteiger partial charge in [0.15, 0.2) is 0 Å². The van der Waals surface area contributed by atoms with E-state index in [4.69, 9.17) is 9.72 Å². The lowest BCUT2D eigenvalue weighted by atomic mass is 10.1. The van der Waals surface area contributed by atoms with Gasteiger partial charge in [0, 0.05) is 22.7 Å². The molecule has 2 aromatic carbocycles. The van der Waals surface area contributed by atoms with Crippen molar-refractivity contribution in [2.75, 3.05) is 12.4 Å². The van der Waals surface area contributed by atoms with Crippen LogP contribution in [0.3, 0.4) is 0 Å². The van der Waals surface area contributed by atoms with Gasteiger partial charge in [-0.1, -0.05) is 18.2 Å². The fourth-order valence-corrected chi connectivity index (χ4v) is 4.42. The van der Waals surface area contributed by atoms with Crippen LogP contribution in [0.1, 0.15) is 15.2 Å². The zero-order valence-corrected chi connectivity index (χ0v) is 17.4. The van der Waals surface area contributed by atoms with Gasteiger partial charge in [-0.15, -0.1) is 11.3 Å². The number of hydrogen-bond acceptors (Lipinski definition) is 4. The van der Waals surface area contributed by atoms with E-state index in [1.807, 2.05) is 84.4 Å². The second kappa shape index (κ2) is 7.31. The molecule has 0 bridgehead atoms. The third-order valence-electron chi connectivity index (χ3n) is 5.01. The molecule has 0 aliphatic rings. The first-order chi connectivity index (χ1) is 14.6. The van der Waals surface area contributed by atoms with Crippen molar-refractivity contribution < 1.29 is 9.53 Å². The first-order valence-corrected chi connectivity index (χ1v) is 10.4. The van der Waals surface area contributed by atoms with E-state index in [0.717, 1.165) is 32.6 Å². The highest BCUT2D eigenvalue weighted by Gasteiger charge is 2.15. The fourth-order valence-electron chi connectivity index (χ4n) is 3.47. The predicted octanol–water partition coefficient (Wildman–Crippen LogP) is 5.79. The van der Waals surface area contributed by atoms with Crippen LogP contribution in [-0.2, 0) is 0 Å². The Morgan fingerprint density at radius 2 is 1.97 bits per heavy atom. The van der Waals surface area contributed by atoms with E-state index in [-0.39, 0.29) is 5.91 Å². The topological polar surface area (TPSA) is 55.6 Å². The fraction of sp³-hybridized carbons (Fsp3) is 0.0833. The molecule has 0 radical (unpaired) electrons. The number of aromatic nitrogens is 2. The highest BCUT2D eigenvalue weighted by molar-refractivity contribution is 7.20. The molecule has 0 atom stereocenters. The number of imidazole rings is 1. The smallest absolute Gasteiger partial charge is 0.265 e. The number of thiophene rings is 1. The first kappa shape index (κ1) is 18.4. The summed E-state index contributed by atoms with van der Waals surface area (Å²) in [5.74, 6) is 0.449. The average molecular weight is 414 g/mol. The second-order valence-electron chi connectivity index (χ2n) is 7.11. The van der Waals surface area contributed by atoms with Gasteiger partial charge >= 0.3 is 0 Å². The maximum Gasteiger partial charge on any atom is 0.265 e. The van der Waals surface area contributed by atoms with Crippen LogP contribution in [0.2, 0.25) is 0 Å². The van der Waals surface area contributed by atoms with E-state index < -0.39 is 0 Å². The van der Waals surface area contributed by atoms with Gasteiger partial charge in [-0.2, -0.15) is 0 Å². The molecule has 30 heavy (non-hydrogen) atoms. The lowest BCUT2D eigenvalue weighted by Crippen LogP contribution is -2.11. The van der Waals surface area contributed by atoms with Crippen LogP contribution < -0.4 is 10.1 Å². The third kappa shape index (κ3) is 3.31. The maximum absolute atomic E-state index is 12.9. The van der Waals surface area contributed by atoms with Crippen molar-refractivity contribution in [2.24, 2.45) is 0 Å². The standard InChI is InChI=1S/C24H19N3O2S/c1-15-9-10-27-14-19(25-23(27)11-15)16-7-8-20(29-2)18(12-16)26-24(28)22-13-17-5-3-4-6-21(17)30-22/h3-14H,1-2H3,(H,26,28). The van der Waals surface area contributed by atoms with Crippen molar-refractivity contribution in [1.29, 1.82) is 0 Å². The third-order valence-corrected chi connectivity index (χ3v) is 6.12. The summed E-state index contributed by atoms with van der Waals surface area (Å²) in [6.45, 7) is 2.05. The molecule has 0 spiro atoms. The number of anilines is 1. The number of amides is 1. The summed E-state index contributed by atoms with van der Waals surface area (Å²) in [5, 5.41) is 4.07. The van der Waals surface area contributed by atoms with Crippen molar-refractivity contribution in [3.8, 4) is 17.0 Å². The van der Waals surface area contributed by atoms with Crippen LogP contribution in [0.15, 0.2) is 73.1 Å². The summed E-state index contributed by atoms with van der Waals surface area (Å²) in [4.78, 5) is 18.3. The lowest BCUT2D eigenvalue weighted by Gasteiger charge is -2.11. The molecular weight excluding hydrogens is 394 g/mol. The summed E-state index contributed by atoms with van der Waals surface area (Å²) >= 11 is 1.47. The number of nitrogens with zero attached hydrogens (tertiary/aromatic N) is 2. The molecule has 0 aliphatic heterocycles. The summed E-state index contributed by atoms with van der Waals surface area (Å²) in [6, 6.07) is 19.7. The Morgan fingerprint density at radius 3 is 2.80 bits per heavy atom. The van der Waals surface area contributed by atoms with Gasteiger partial charge in [-0.25, -0.2) is 4.98 Å². The Balaban J connectivity index is 1.49. The lowest BCUT2D eigenvalue weighted by molar-refractivity contribution is 0.103. The quantitative estimate of drug-likeness (QED) is 0.406. The molecule has 0 saturated heterocycles. The Kier molecular flexibility index (Phi) is 4.48. The number of carbonyl (C=O) groups excluding carboxylic acids is 1. The van der Waals surface area contributed by atoms with Gasteiger partial charge in [0.2, 0.25) is 0 Å². The minimum atomic E-state index is -0.155. The van der Waals surface area contributed by atoms with Gasteiger partial charge in [-0.05, 0) is 60.3 Å². The number of rotatable bonds is 4. The maximum atomic E-state index is 12.9.